The molecule has 2 fully saturated rings. The first-order chi connectivity index (χ1) is 26.4. The normalized spacial score (nSPS) is 19.4. The monoisotopic (exact) mass is 732 g/mol. The lowest BCUT2D eigenvalue weighted by atomic mass is 9.97. The first-order valence-corrected chi connectivity index (χ1v) is 19.8. The Morgan fingerprint density at radius 1 is 0.741 bits per heavy atom. The molecule has 9 heteroatoms. The highest BCUT2D eigenvalue weighted by atomic mass is 16.7. The van der Waals surface area contributed by atoms with Gasteiger partial charge in [-0.3, -0.25) is 9.59 Å². The lowest BCUT2D eigenvalue weighted by Crippen LogP contribution is -2.40. The Morgan fingerprint density at radius 2 is 1.41 bits per heavy atom. The molecule has 0 radical (unpaired) electrons. The number of carbonyl (C=O) groups excluding carboxylic acids is 2. The fraction of sp³-hybridized carbons (Fsp3) is 0.422. The number of carbonyl (C=O) groups is 2. The fourth-order valence-electron chi connectivity index (χ4n) is 7.45. The van der Waals surface area contributed by atoms with Crippen LogP contribution < -0.4 is 16.4 Å². The Morgan fingerprint density at radius 3 is 2.15 bits per heavy atom. The van der Waals surface area contributed by atoms with Crippen molar-refractivity contribution in [1.29, 1.82) is 0 Å². The summed E-state index contributed by atoms with van der Waals surface area (Å²) < 4.78 is 13.3. The summed E-state index contributed by atoms with van der Waals surface area (Å²) in [7, 11) is 0. The predicted molar refractivity (Wildman–Crippen MR) is 214 cm³/mol. The second-order valence-corrected chi connectivity index (χ2v) is 14.7. The minimum atomic E-state index is -0.498. The molecule has 0 unspecified atom stereocenters. The van der Waals surface area contributed by atoms with Crippen LogP contribution in [0, 0.1) is 0 Å². The average molecular weight is 733 g/mol. The molecule has 5 N–H and O–H groups in total. The second-order valence-electron chi connectivity index (χ2n) is 14.7. The van der Waals surface area contributed by atoms with Gasteiger partial charge in [0.2, 0.25) is 11.8 Å². The molecule has 2 heterocycles. The van der Waals surface area contributed by atoms with E-state index in [9.17, 15) is 14.7 Å². The van der Waals surface area contributed by atoms with E-state index in [0.717, 1.165) is 65.9 Å². The van der Waals surface area contributed by atoms with Crippen LogP contribution in [0.1, 0.15) is 105 Å². The van der Waals surface area contributed by atoms with Crippen molar-refractivity contribution >= 4 is 23.2 Å². The van der Waals surface area contributed by atoms with Crippen LogP contribution >= 0.6 is 0 Å². The van der Waals surface area contributed by atoms with Crippen LogP contribution in [0.2, 0.25) is 0 Å². The molecule has 0 aromatic heterocycles. The standard InChI is InChI=1S/C45H56N4O5/c46-40-15-9-10-16-41(40)48-44(52)18-6-4-5-17-43(51)47-30-37-13-7-8-14-39(37)34-23-25-36(26-24-34)45-53-38(31-49-27-11-2-1-3-12-28-49)29-42(54-45)35-21-19-33(32-50)20-22-35/h7-10,13-16,19-26,38,42,45,50H,1-6,11-12,17-18,27-32,46H2,(H,47,51)(H,48,52)/t38-,42+,45+/m1/s1. The number of nitrogen functional groups attached to an aromatic ring is 1. The number of nitrogens with one attached hydrogen (secondary N) is 2. The summed E-state index contributed by atoms with van der Waals surface area (Å²) in [6.07, 6.45) is 9.62. The number of ether oxygens (including phenoxy) is 2. The van der Waals surface area contributed by atoms with Gasteiger partial charge in [0, 0.05) is 37.9 Å². The Balaban J connectivity index is 1.03. The number of likely N-dealkylation sites (tertiary alicyclic amines) is 1. The van der Waals surface area contributed by atoms with Crippen LogP contribution in [0.4, 0.5) is 11.4 Å². The maximum absolute atomic E-state index is 12.8. The van der Waals surface area contributed by atoms with Crippen molar-refractivity contribution in [2.45, 2.75) is 102 Å². The van der Waals surface area contributed by atoms with Crippen molar-refractivity contribution in [2.75, 3.05) is 30.7 Å². The molecule has 0 saturated carbocycles. The Hall–Kier alpha value is -4.54. The summed E-state index contributed by atoms with van der Waals surface area (Å²) >= 11 is 0. The number of hydrogen-bond acceptors (Lipinski definition) is 7. The Labute approximate surface area is 320 Å². The zero-order chi connectivity index (χ0) is 37.5. The van der Waals surface area contributed by atoms with Crippen molar-refractivity contribution in [3.05, 3.63) is 119 Å². The Bertz CT molecular complexity index is 1770. The first kappa shape index (κ1) is 39.2. The van der Waals surface area contributed by atoms with E-state index in [4.69, 9.17) is 15.2 Å². The van der Waals surface area contributed by atoms with Crippen LogP contribution in [0.15, 0.2) is 97.1 Å². The van der Waals surface area contributed by atoms with Gasteiger partial charge in [0.25, 0.3) is 0 Å². The van der Waals surface area contributed by atoms with Crippen LogP contribution in [0.3, 0.4) is 0 Å². The summed E-state index contributed by atoms with van der Waals surface area (Å²) in [4.78, 5) is 27.6. The molecular weight excluding hydrogens is 677 g/mol. The number of amides is 2. The molecule has 286 valence electrons. The zero-order valence-electron chi connectivity index (χ0n) is 31.4. The van der Waals surface area contributed by atoms with Crippen molar-refractivity contribution in [2.24, 2.45) is 0 Å². The molecule has 0 aliphatic carbocycles. The Kier molecular flexibility index (Phi) is 14.7. The molecule has 54 heavy (non-hydrogen) atoms. The van der Waals surface area contributed by atoms with Gasteiger partial charge in [0.15, 0.2) is 6.29 Å². The van der Waals surface area contributed by atoms with E-state index >= 15 is 0 Å². The van der Waals surface area contributed by atoms with E-state index in [1.165, 1.54) is 32.1 Å². The van der Waals surface area contributed by atoms with Crippen LogP contribution in [0.25, 0.3) is 11.1 Å². The molecule has 2 aliphatic heterocycles. The van der Waals surface area contributed by atoms with Gasteiger partial charge in [-0.2, -0.15) is 0 Å². The van der Waals surface area contributed by atoms with Crippen LogP contribution in [0.5, 0.6) is 0 Å². The minimum Gasteiger partial charge on any atom is -0.397 e. The highest BCUT2D eigenvalue weighted by Gasteiger charge is 2.33. The molecule has 0 bridgehead atoms. The third kappa shape index (κ3) is 11.5. The summed E-state index contributed by atoms with van der Waals surface area (Å²) in [5.74, 6) is -0.0723. The van der Waals surface area contributed by atoms with Gasteiger partial charge in [0.1, 0.15) is 0 Å². The van der Waals surface area contributed by atoms with Crippen LogP contribution in [-0.2, 0) is 32.2 Å². The van der Waals surface area contributed by atoms with Gasteiger partial charge in [-0.15, -0.1) is 0 Å². The first-order valence-electron chi connectivity index (χ1n) is 19.8. The number of unbranched alkanes of at least 4 members (excludes halogenated alkanes) is 2. The van der Waals surface area contributed by atoms with E-state index in [1.807, 2.05) is 36.4 Å². The minimum absolute atomic E-state index is 0.000835. The van der Waals surface area contributed by atoms with E-state index in [1.54, 1.807) is 12.1 Å². The largest absolute Gasteiger partial charge is 0.397 e. The van der Waals surface area contributed by atoms with Crippen molar-refractivity contribution in [3.63, 3.8) is 0 Å². The summed E-state index contributed by atoms with van der Waals surface area (Å²) in [6, 6.07) is 31.8. The highest BCUT2D eigenvalue weighted by Crippen LogP contribution is 2.39. The number of rotatable bonds is 15. The number of aliphatic hydroxyl groups excluding tert-OH is 1. The molecule has 3 atom stereocenters. The quantitative estimate of drug-likeness (QED) is 0.0714. The number of benzene rings is 4. The number of anilines is 2. The van der Waals surface area contributed by atoms with E-state index in [0.29, 0.717) is 43.6 Å². The summed E-state index contributed by atoms with van der Waals surface area (Å²) in [5.41, 5.74) is 13.2. The van der Waals surface area contributed by atoms with Gasteiger partial charge >= 0.3 is 0 Å². The second kappa shape index (κ2) is 20.2. The van der Waals surface area contributed by atoms with Crippen molar-refractivity contribution < 1.29 is 24.2 Å². The zero-order valence-corrected chi connectivity index (χ0v) is 31.4. The van der Waals surface area contributed by atoms with Gasteiger partial charge < -0.3 is 35.8 Å². The third-order valence-corrected chi connectivity index (χ3v) is 10.6. The number of nitrogens with two attached hydrogens (primary N) is 1. The molecular formula is C45H56N4O5. The summed E-state index contributed by atoms with van der Waals surface area (Å²) in [6.45, 7) is 3.57. The molecule has 2 aliphatic rings. The van der Waals surface area contributed by atoms with Gasteiger partial charge in [-0.05, 0) is 78.7 Å². The molecule has 9 nitrogen and oxygen atoms in total. The van der Waals surface area contributed by atoms with E-state index in [2.05, 4.69) is 64.1 Å². The number of para-hydroxylation sites is 2. The predicted octanol–water partition coefficient (Wildman–Crippen LogP) is 8.45. The van der Waals surface area contributed by atoms with Crippen molar-refractivity contribution in [3.8, 4) is 11.1 Å². The smallest absolute Gasteiger partial charge is 0.224 e. The molecule has 0 spiro atoms. The average Bonchev–Trinajstić information content (AvgIpc) is 3.19. The lowest BCUT2D eigenvalue weighted by Gasteiger charge is -2.39. The fourth-order valence-corrected chi connectivity index (χ4v) is 7.45. The van der Waals surface area contributed by atoms with E-state index < -0.39 is 6.29 Å². The van der Waals surface area contributed by atoms with Crippen molar-refractivity contribution in [1.82, 2.24) is 10.2 Å². The molecule has 6 rings (SSSR count). The summed E-state index contributed by atoms with van der Waals surface area (Å²) in [5, 5.41) is 15.5. The topological polar surface area (TPSA) is 126 Å². The molecule has 2 amide bonds. The van der Waals surface area contributed by atoms with E-state index in [-0.39, 0.29) is 30.6 Å². The maximum Gasteiger partial charge on any atom is 0.224 e. The third-order valence-electron chi connectivity index (χ3n) is 10.6. The van der Waals surface area contributed by atoms with Gasteiger partial charge in [-0.1, -0.05) is 111 Å². The number of hydrogen-bond donors (Lipinski definition) is 4. The highest BCUT2D eigenvalue weighted by molar-refractivity contribution is 5.93. The molecule has 4 aromatic carbocycles. The molecule has 2 saturated heterocycles. The van der Waals surface area contributed by atoms with Gasteiger partial charge in [-0.25, -0.2) is 0 Å². The van der Waals surface area contributed by atoms with Gasteiger partial charge in [0.05, 0.1) is 30.2 Å². The maximum atomic E-state index is 12.8. The van der Waals surface area contributed by atoms with Crippen LogP contribution in [-0.4, -0.2) is 47.6 Å². The SMILES string of the molecule is Nc1ccccc1NC(=O)CCCCCC(=O)NCc1ccccc1-c1ccc([C@H]2O[C@@H](CN3CCCCCCC3)C[C@@H](c3ccc(CO)cc3)O2)cc1. The lowest BCUT2D eigenvalue weighted by molar-refractivity contribution is -0.253. The number of aliphatic hydroxyl groups is 1. The molecule has 4 aromatic rings. The number of nitrogens with zero attached hydrogens (tertiary/aromatic N) is 1.